The van der Waals surface area contributed by atoms with Crippen LogP contribution in [0.4, 0.5) is 0 Å². The molecule has 3 aliphatic carbocycles. The molecule has 1 fully saturated rings. The Kier molecular flexibility index (Phi) is 1.61. The number of nitrogens with zero attached hydrogens (tertiary/aromatic N) is 1. The molecule has 3 atom stereocenters. The van der Waals surface area contributed by atoms with Gasteiger partial charge in [0.15, 0.2) is 0 Å². The topological polar surface area (TPSA) is 12.4 Å². The highest BCUT2D eigenvalue weighted by Gasteiger charge is 2.44. The second kappa shape index (κ2) is 2.88. The van der Waals surface area contributed by atoms with E-state index in [1.165, 1.54) is 25.0 Å². The summed E-state index contributed by atoms with van der Waals surface area (Å²) in [6.07, 6.45) is 13.1. The predicted molar refractivity (Wildman–Crippen MR) is 65.0 cm³/mol. The largest absolute Gasteiger partial charge is 0.216 e. The zero-order valence-corrected chi connectivity index (χ0v) is 9.33. The molecule has 0 radical (unpaired) electrons. The molecule has 0 amide bonds. The fraction of sp³-hybridized carbons (Fsp3) is 0.462. The Morgan fingerprint density at radius 2 is 2.33 bits per heavy atom. The first-order valence-corrected chi connectivity index (χ1v) is 6.59. The van der Waals surface area contributed by atoms with Crippen LogP contribution in [-0.2, 0) is 0 Å². The first-order valence-electron chi connectivity index (χ1n) is 5.75. The highest BCUT2D eigenvalue weighted by atomic mass is 32.2. The molecule has 0 saturated heterocycles. The van der Waals surface area contributed by atoms with Gasteiger partial charge >= 0.3 is 0 Å². The van der Waals surface area contributed by atoms with Crippen LogP contribution in [0.1, 0.15) is 19.3 Å². The van der Waals surface area contributed by atoms with Crippen LogP contribution in [-0.4, -0.2) is 11.0 Å². The van der Waals surface area contributed by atoms with Crippen LogP contribution in [0.2, 0.25) is 0 Å². The van der Waals surface area contributed by atoms with Crippen molar-refractivity contribution in [3.63, 3.8) is 0 Å². The Hall–Kier alpha value is -0.760. The third-order valence-electron chi connectivity index (χ3n) is 3.97. The molecule has 2 heteroatoms. The van der Waals surface area contributed by atoms with E-state index in [1.54, 1.807) is 11.1 Å². The molecule has 1 saturated carbocycles. The van der Waals surface area contributed by atoms with E-state index in [4.69, 9.17) is 0 Å². The molecule has 4 aliphatic rings. The van der Waals surface area contributed by atoms with E-state index in [-0.39, 0.29) is 0 Å². The molecule has 0 spiro atoms. The molecule has 15 heavy (non-hydrogen) atoms. The maximum atomic E-state index is 4.67. The standard InChI is InChI=1S/C13H13NS/c1-2-4-11-10(3-1)12-8-5-6-9(7-8)13(12)15-14-11/h2,4-6,8-9,13H,1,3,7H2. The lowest BCUT2D eigenvalue weighted by molar-refractivity contribution is 0.700. The highest BCUT2D eigenvalue weighted by molar-refractivity contribution is 7.99. The second-order valence-corrected chi connectivity index (χ2v) is 5.67. The molecule has 1 aliphatic heterocycles. The summed E-state index contributed by atoms with van der Waals surface area (Å²) in [4.78, 5) is 0. The average Bonchev–Trinajstić information content (AvgIpc) is 2.89. The molecule has 0 aromatic carbocycles. The van der Waals surface area contributed by atoms with Gasteiger partial charge in [-0.3, -0.25) is 0 Å². The summed E-state index contributed by atoms with van der Waals surface area (Å²) in [6.45, 7) is 0. The summed E-state index contributed by atoms with van der Waals surface area (Å²) in [7, 11) is 0. The quantitative estimate of drug-likeness (QED) is 0.446. The minimum Gasteiger partial charge on any atom is -0.216 e. The lowest BCUT2D eigenvalue weighted by Crippen LogP contribution is -2.21. The molecular formula is C13H13NS. The van der Waals surface area contributed by atoms with Gasteiger partial charge in [0.1, 0.15) is 0 Å². The molecule has 1 heterocycles. The van der Waals surface area contributed by atoms with Crippen molar-refractivity contribution >= 4 is 17.7 Å². The summed E-state index contributed by atoms with van der Waals surface area (Å²) < 4.78 is 4.67. The van der Waals surface area contributed by atoms with Crippen molar-refractivity contribution in [2.45, 2.75) is 24.5 Å². The Balaban J connectivity index is 1.89. The summed E-state index contributed by atoms with van der Waals surface area (Å²) in [5.74, 6) is 1.53. The zero-order valence-electron chi connectivity index (χ0n) is 8.52. The molecule has 0 aromatic rings. The van der Waals surface area contributed by atoms with Gasteiger partial charge in [-0.15, -0.1) is 0 Å². The summed E-state index contributed by atoms with van der Waals surface area (Å²) in [5.41, 5.74) is 4.57. The maximum absolute atomic E-state index is 4.67. The third-order valence-corrected chi connectivity index (χ3v) is 5.10. The van der Waals surface area contributed by atoms with Gasteiger partial charge < -0.3 is 0 Å². The Labute approximate surface area is 94.2 Å². The molecule has 2 bridgehead atoms. The van der Waals surface area contributed by atoms with Gasteiger partial charge in [-0.1, -0.05) is 18.2 Å². The minimum absolute atomic E-state index is 0.685. The van der Waals surface area contributed by atoms with Gasteiger partial charge in [-0.25, -0.2) is 4.40 Å². The van der Waals surface area contributed by atoms with Crippen LogP contribution in [0.15, 0.2) is 39.8 Å². The summed E-state index contributed by atoms with van der Waals surface area (Å²) in [6, 6.07) is 0. The van der Waals surface area contributed by atoms with E-state index < -0.39 is 0 Å². The smallest absolute Gasteiger partial charge is 0.0742 e. The van der Waals surface area contributed by atoms with Gasteiger partial charge in [0.05, 0.1) is 11.0 Å². The molecule has 3 unspecified atom stereocenters. The van der Waals surface area contributed by atoms with E-state index >= 15 is 0 Å². The number of fused-ring (bicyclic) bond motifs is 6. The molecule has 4 rings (SSSR count). The van der Waals surface area contributed by atoms with Crippen molar-refractivity contribution < 1.29 is 0 Å². The van der Waals surface area contributed by atoms with Crippen molar-refractivity contribution in [2.24, 2.45) is 16.2 Å². The second-order valence-electron chi connectivity index (χ2n) is 4.77. The predicted octanol–water partition coefficient (Wildman–Crippen LogP) is 3.31. The Bertz CT molecular complexity index is 441. The van der Waals surface area contributed by atoms with Gasteiger partial charge in [-0.05, 0) is 54.4 Å². The number of hydrogen-bond donors (Lipinski definition) is 0. The maximum Gasteiger partial charge on any atom is 0.0742 e. The molecule has 0 N–H and O–H groups in total. The van der Waals surface area contributed by atoms with E-state index in [0.29, 0.717) is 5.25 Å². The zero-order chi connectivity index (χ0) is 9.83. The van der Waals surface area contributed by atoms with E-state index in [2.05, 4.69) is 28.7 Å². The van der Waals surface area contributed by atoms with E-state index in [0.717, 1.165) is 11.8 Å². The average molecular weight is 215 g/mol. The van der Waals surface area contributed by atoms with Crippen molar-refractivity contribution in [3.05, 3.63) is 35.5 Å². The normalized spacial score (nSPS) is 40.5. The summed E-state index contributed by atoms with van der Waals surface area (Å²) in [5, 5.41) is 0.685. The third kappa shape index (κ3) is 1.03. The Morgan fingerprint density at radius 3 is 3.33 bits per heavy atom. The Morgan fingerprint density at radius 1 is 1.33 bits per heavy atom. The van der Waals surface area contributed by atoms with Gasteiger partial charge in [-0.2, -0.15) is 0 Å². The summed E-state index contributed by atoms with van der Waals surface area (Å²) >= 11 is 1.81. The van der Waals surface area contributed by atoms with Crippen LogP contribution in [0.5, 0.6) is 0 Å². The molecule has 0 aromatic heterocycles. The minimum atomic E-state index is 0.685. The van der Waals surface area contributed by atoms with Crippen LogP contribution in [0.3, 0.4) is 0 Å². The van der Waals surface area contributed by atoms with E-state index in [9.17, 15) is 0 Å². The number of rotatable bonds is 0. The van der Waals surface area contributed by atoms with Crippen LogP contribution < -0.4 is 0 Å². The highest BCUT2D eigenvalue weighted by Crippen LogP contribution is 2.53. The van der Waals surface area contributed by atoms with Crippen molar-refractivity contribution in [1.82, 2.24) is 0 Å². The van der Waals surface area contributed by atoms with Crippen molar-refractivity contribution in [3.8, 4) is 0 Å². The fourth-order valence-corrected chi connectivity index (χ4v) is 4.48. The van der Waals surface area contributed by atoms with Gasteiger partial charge in [0.2, 0.25) is 0 Å². The van der Waals surface area contributed by atoms with Crippen LogP contribution in [0.25, 0.3) is 0 Å². The molecule has 1 nitrogen and oxygen atoms in total. The monoisotopic (exact) mass is 215 g/mol. The fourth-order valence-electron chi connectivity index (χ4n) is 3.30. The number of hydrogen-bond acceptors (Lipinski definition) is 2. The van der Waals surface area contributed by atoms with Crippen molar-refractivity contribution in [1.29, 1.82) is 0 Å². The number of allylic oxidation sites excluding steroid dienone is 5. The van der Waals surface area contributed by atoms with Crippen molar-refractivity contribution in [2.75, 3.05) is 0 Å². The molecular weight excluding hydrogens is 202 g/mol. The first-order chi connectivity index (χ1) is 7.43. The van der Waals surface area contributed by atoms with Gasteiger partial charge in [0, 0.05) is 5.92 Å². The van der Waals surface area contributed by atoms with E-state index in [1.807, 2.05) is 11.9 Å². The van der Waals surface area contributed by atoms with Gasteiger partial charge in [0.25, 0.3) is 0 Å². The van der Waals surface area contributed by atoms with Crippen LogP contribution in [0, 0.1) is 11.8 Å². The van der Waals surface area contributed by atoms with Crippen LogP contribution >= 0.6 is 11.9 Å². The molecule has 76 valence electrons. The lowest BCUT2D eigenvalue weighted by Gasteiger charge is -2.28. The SMILES string of the molecule is C1=CC2=NSC3C(=C2CC1)C1C=CC3C1. The first kappa shape index (κ1) is 8.40. The lowest BCUT2D eigenvalue weighted by atomic mass is 9.87.